The molecule has 0 saturated carbocycles. The van der Waals surface area contributed by atoms with E-state index in [-0.39, 0.29) is 23.6 Å². The molecule has 0 radical (unpaired) electrons. The van der Waals surface area contributed by atoms with Gasteiger partial charge >= 0.3 is 0 Å². The first-order valence-corrected chi connectivity index (χ1v) is 12.3. The Morgan fingerprint density at radius 3 is 2.74 bits per heavy atom. The van der Waals surface area contributed by atoms with E-state index < -0.39 is 22.0 Å². The van der Waals surface area contributed by atoms with Gasteiger partial charge in [-0.05, 0) is 31.0 Å². The van der Waals surface area contributed by atoms with Crippen LogP contribution in [0.15, 0.2) is 59.0 Å². The van der Waals surface area contributed by atoms with Crippen molar-refractivity contribution in [3.63, 3.8) is 0 Å². The summed E-state index contributed by atoms with van der Waals surface area (Å²) in [5, 5.41) is 6.00. The third-order valence-electron chi connectivity index (χ3n) is 4.69. The number of aromatic nitrogens is 3. The fraction of sp³-hybridized carbons (Fsp3) is 0.286. The molecule has 1 amide bonds. The second kappa shape index (κ2) is 11.8. The number of nitrogens with one attached hydrogen (secondary N) is 2. The van der Waals surface area contributed by atoms with E-state index in [0.29, 0.717) is 34.2 Å². The number of thiazole rings is 1. The Balaban J connectivity index is 1.46. The normalized spacial score (nSPS) is 16.9. The molecule has 178 valence electrons. The SMILES string of the molecule is O=C(Nc1ncc(F)s1)/C(=N/OCc1ncccn1)c1ccc(S(=O)NC[C@H]2CCCO2)cc1. The molecule has 1 aliphatic rings. The Kier molecular flexibility index (Phi) is 8.36. The molecule has 34 heavy (non-hydrogen) atoms. The van der Waals surface area contributed by atoms with E-state index in [0.717, 1.165) is 25.6 Å². The van der Waals surface area contributed by atoms with Gasteiger partial charge in [0.2, 0.25) is 0 Å². The number of ether oxygens (including phenoxy) is 1. The minimum atomic E-state index is -1.44. The Hall–Kier alpha value is -3.13. The summed E-state index contributed by atoms with van der Waals surface area (Å²) >= 11 is 0.687. The molecule has 1 saturated heterocycles. The van der Waals surface area contributed by atoms with Crippen molar-refractivity contribution in [1.29, 1.82) is 0 Å². The molecule has 1 aromatic carbocycles. The van der Waals surface area contributed by atoms with E-state index in [9.17, 15) is 13.4 Å². The van der Waals surface area contributed by atoms with Gasteiger partial charge in [0.25, 0.3) is 5.91 Å². The second-order valence-corrected chi connectivity index (χ2v) is 9.36. The highest BCUT2D eigenvalue weighted by Gasteiger charge is 2.19. The zero-order valence-corrected chi connectivity index (χ0v) is 19.5. The van der Waals surface area contributed by atoms with E-state index in [2.05, 4.69) is 30.1 Å². The lowest BCUT2D eigenvalue weighted by atomic mass is 10.1. The van der Waals surface area contributed by atoms with E-state index in [1.54, 1.807) is 42.7 Å². The lowest BCUT2D eigenvalue weighted by Gasteiger charge is -2.11. The van der Waals surface area contributed by atoms with Crippen molar-refractivity contribution in [1.82, 2.24) is 19.7 Å². The fourth-order valence-corrected chi connectivity index (χ4v) is 4.47. The number of rotatable bonds is 10. The largest absolute Gasteiger partial charge is 0.387 e. The predicted octanol–water partition coefficient (Wildman–Crippen LogP) is 2.42. The van der Waals surface area contributed by atoms with Crippen LogP contribution in [0.1, 0.15) is 24.2 Å². The molecule has 2 aromatic heterocycles. The van der Waals surface area contributed by atoms with Crippen molar-refractivity contribution in [2.45, 2.75) is 30.4 Å². The van der Waals surface area contributed by atoms with Crippen LogP contribution in [0.3, 0.4) is 0 Å². The maximum absolute atomic E-state index is 13.3. The molecule has 3 heterocycles. The molecular formula is C21H21FN6O4S2. The summed E-state index contributed by atoms with van der Waals surface area (Å²) in [5.74, 6) is -0.259. The molecule has 4 rings (SSSR count). The molecule has 3 aromatic rings. The van der Waals surface area contributed by atoms with Gasteiger partial charge in [0.1, 0.15) is 11.0 Å². The van der Waals surface area contributed by atoms with E-state index >= 15 is 0 Å². The first kappa shape index (κ1) is 24.0. The first-order valence-electron chi connectivity index (χ1n) is 10.3. The summed E-state index contributed by atoms with van der Waals surface area (Å²) in [4.78, 5) is 30.5. The minimum Gasteiger partial charge on any atom is -0.387 e. The number of oxime groups is 1. The topological polar surface area (TPSA) is 128 Å². The molecule has 13 heteroatoms. The van der Waals surface area contributed by atoms with E-state index in [1.165, 1.54) is 0 Å². The third kappa shape index (κ3) is 6.70. The van der Waals surface area contributed by atoms with Crippen LogP contribution in [0, 0.1) is 5.13 Å². The maximum Gasteiger partial charge on any atom is 0.280 e. The number of benzene rings is 1. The molecule has 1 unspecified atom stereocenters. The van der Waals surface area contributed by atoms with Gasteiger partial charge in [-0.1, -0.05) is 28.6 Å². The van der Waals surface area contributed by atoms with Crippen molar-refractivity contribution < 1.29 is 23.0 Å². The van der Waals surface area contributed by atoms with Crippen molar-refractivity contribution in [2.24, 2.45) is 5.16 Å². The lowest BCUT2D eigenvalue weighted by molar-refractivity contribution is -0.110. The summed E-state index contributed by atoms with van der Waals surface area (Å²) in [6.45, 7) is 1.16. The Morgan fingerprint density at radius 2 is 2.06 bits per heavy atom. The number of nitrogens with zero attached hydrogens (tertiary/aromatic N) is 4. The zero-order valence-electron chi connectivity index (χ0n) is 17.8. The van der Waals surface area contributed by atoms with Gasteiger partial charge in [0, 0.05) is 31.1 Å². The predicted molar refractivity (Wildman–Crippen MR) is 124 cm³/mol. The number of carbonyl (C=O) groups excluding carboxylic acids is 1. The van der Waals surface area contributed by atoms with Crippen LogP contribution < -0.4 is 10.0 Å². The second-order valence-electron chi connectivity index (χ2n) is 7.08. The van der Waals surface area contributed by atoms with Gasteiger partial charge in [0.05, 0.1) is 17.2 Å². The van der Waals surface area contributed by atoms with Crippen LogP contribution >= 0.6 is 11.3 Å². The van der Waals surface area contributed by atoms with Gasteiger partial charge in [-0.2, -0.15) is 4.39 Å². The van der Waals surface area contributed by atoms with Crippen LogP contribution in [0.25, 0.3) is 0 Å². The quantitative estimate of drug-likeness (QED) is 0.321. The number of halogens is 1. The highest BCUT2D eigenvalue weighted by molar-refractivity contribution is 7.83. The van der Waals surface area contributed by atoms with Crippen molar-refractivity contribution in [2.75, 3.05) is 18.5 Å². The van der Waals surface area contributed by atoms with Crippen molar-refractivity contribution in [3.05, 3.63) is 65.4 Å². The number of hydrogen-bond acceptors (Lipinski definition) is 9. The van der Waals surface area contributed by atoms with E-state index in [1.807, 2.05) is 0 Å². The van der Waals surface area contributed by atoms with Crippen LogP contribution in [0.5, 0.6) is 0 Å². The molecule has 0 spiro atoms. The summed E-state index contributed by atoms with van der Waals surface area (Å²) < 4.78 is 34.3. The van der Waals surface area contributed by atoms with Gasteiger partial charge < -0.3 is 9.57 Å². The molecule has 0 bridgehead atoms. The molecular weight excluding hydrogens is 483 g/mol. The Morgan fingerprint density at radius 1 is 1.26 bits per heavy atom. The summed E-state index contributed by atoms with van der Waals surface area (Å²) in [7, 11) is -1.44. The molecule has 0 aliphatic carbocycles. The number of amides is 1. The molecule has 1 aliphatic heterocycles. The molecule has 10 nitrogen and oxygen atoms in total. The minimum absolute atomic E-state index is 0.0568. The summed E-state index contributed by atoms with van der Waals surface area (Å²) in [6.07, 6.45) is 6.14. The average Bonchev–Trinajstić information content (AvgIpc) is 3.53. The first-order chi connectivity index (χ1) is 16.6. The van der Waals surface area contributed by atoms with Gasteiger partial charge in [-0.3, -0.25) is 10.1 Å². The van der Waals surface area contributed by atoms with Crippen LogP contribution in [0.4, 0.5) is 9.52 Å². The Bertz CT molecular complexity index is 1150. The highest BCUT2D eigenvalue weighted by Crippen LogP contribution is 2.17. The average molecular weight is 505 g/mol. The third-order valence-corrected chi connectivity index (χ3v) is 6.52. The van der Waals surface area contributed by atoms with Crippen molar-refractivity contribution >= 4 is 39.1 Å². The van der Waals surface area contributed by atoms with Gasteiger partial charge in [0.15, 0.2) is 28.4 Å². The van der Waals surface area contributed by atoms with E-state index in [4.69, 9.17) is 9.57 Å². The van der Waals surface area contributed by atoms with Crippen LogP contribution in [-0.4, -0.2) is 50.0 Å². The number of carbonyl (C=O) groups is 1. The molecule has 1 fully saturated rings. The van der Waals surface area contributed by atoms with Crippen LogP contribution in [-0.2, 0) is 32.0 Å². The summed E-state index contributed by atoms with van der Waals surface area (Å²) in [6, 6.07) is 8.12. The standard InChI is InChI=1S/C21H21FN6O4S2/c22-17-12-25-21(33-17)27-20(29)19(28-32-13-18-23-8-2-9-24-18)14-4-6-16(7-5-14)34(30)26-11-15-3-1-10-31-15/h2,4-9,12,15,26H,1,3,10-11,13H2,(H,25,27,29)/b28-19+/t15-,34?/m1/s1. The van der Waals surface area contributed by atoms with Crippen LogP contribution in [0.2, 0.25) is 0 Å². The van der Waals surface area contributed by atoms with Gasteiger partial charge in [-0.15, -0.1) is 0 Å². The number of hydrogen-bond donors (Lipinski definition) is 2. The number of anilines is 1. The Labute approximate surface area is 201 Å². The lowest BCUT2D eigenvalue weighted by Crippen LogP contribution is -2.28. The fourth-order valence-electron chi connectivity index (χ4n) is 3.05. The van der Waals surface area contributed by atoms with Crippen molar-refractivity contribution in [3.8, 4) is 0 Å². The maximum atomic E-state index is 13.3. The summed E-state index contributed by atoms with van der Waals surface area (Å²) in [5.41, 5.74) is 0.333. The zero-order chi connectivity index (χ0) is 23.8. The van der Waals surface area contributed by atoms with Gasteiger partial charge in [-0.25, -0.2) is 23.9 Å². The molecule has 2 atom stereocenters. The molecule has 2 N–H and O–H groups in total. The monoisotopic (exact) mass is 504 g/mol. The highest BCUT2D eigenvalue weighted by atomic mass is 32.2. The smallest absolute Gasteiger partial charge is 0.280 e.